The number of benzene rings is 1. The Kier molecular flexibility index (Phi) is 5.77. The number of carbonyl (C=O) groups excluding carboxylic acids is 1. The Hall–Kier alpha value is -2.56. The number of ether oxygens (including phenoxy) is 1. The van der Waals surface area contributed by atoms with Gasteiger partial charge in [-0.15, -0.1) is 0 Å². The van der Waals surface area contributed by atoms with E-state index in [0.29, 0.717) is 11.7 Å². The molecule has 1 aromatic carbocycles. The van der Waals surface area contributed by atoms with Gasteiger partial charge in [-0.1, -0.05) is 26.0 Å². The summed E-state index contributed by atoms with van der Waals surface area (Å²) in [6, 6.07) is 9.55. The van der Waals surface area contributed by atoms with Crippen molar-refractivity contribution in [3.05, 3.63) is 54.0 Å². The molecule has 2 aromatic rings. The van der Waals surface area contributed by atoms with E-state index < -0.39 is 0 Å². The summed E-state index contributed by atoms with van der Waals surface area (Å²) in [7, 11) is 0. The van der Waals surface area contributed by atoms with Crippen LogP contribution in [0.25, 0.3) is 0 Å². The molecule has 0 saturated carbocycles. The molecule has 5 heteroatoms. The van der Waals surface area contributed by atoms with Gasteiger partial charge in [0.25, 0.3) is 5.91 Å². The van der Waals surface area contributed by atoms with Crippen LogP contribution in [-0.4, -0.2) is 18.7 Å². The highest BCUT2D eigenvalue weighted by atomic mass is 16.5. The summed E-state index contributed by atoms with van der Waals surface area (Å²) in [4.78, 5) is 11.6. The van der Waals surface area contributed by atoms with E-state index in [4.69, 9.17) is 9.15 Å². The summed E-state index contributed by atoms with van der Waals surface area (Å²) in [5.74, 6) is 0.876. The number of hydrazone groups is 1. The Balaban J connectivity index is 1.76. The number of hydrogen-bond acceptors (Lipinski definition) is 4. The largest absolute Gasteiger partial charge is 0.484 e. The van der Waals surface area contributed by atoms with Gasteiger partial charge in [0.2, 0.25) is 0 Å². The third kappa shape index (κ3) is 4.77. The summed E-state index contributed by atoms with van der Waals surface area (Å²) in [6.45, 7) is 4.26. The Morgan fingerprint density at radius 3 is 2.77 bits per heavy atom. The van der Waals surface area contributed by atoms with Crippen LogP contribution in [0.5, 0.6) is 5.75 Å². The van der Waals surface area contributed by atoms with Gasteiger partial charge in [0, 0.05) is 5.56 Å². The van der Waals surface area contributed by atoms with Crippen LogP contribution in [0.2, 0.25) is 0 Å². The van der Waals surface area contributed by atoms with Crippen molar-refractivity contribution in [3.63, 3.8) is 0 Å². The monoisotopic (exact) mass is 300 g/mol. The first-order chi connectivity index (χ1) is 10.7. The van der Waals surface area contributed by atoms with E-state index in [0.717, 1.165) is 12.0 Å². The molecule has 1 amide bonds. The molecule has 5 nitrogen and oxygen atoms in total. The van der Waals surface area contributed by atoms with Crippen LogP contribution in [0.4, 0.5) is 0 Å². The van der Waals surface area contributed by atoms with Crippen molar-refractivity contribution < 1.29 is 13.9 Å². The average Bonchev–Trinajstić information content (AvgIpc) is 3.06. The van der Waals surface area contributed by atoms with E-state index >= 15 is 0 Å². The molecule has 0 fully saturated rings. The maximum Gasteiger partial charge on any atom is 0.277 e. The minimum Gasteiger partial charge on any atom is -0.484 e. The first kappa shape index (κ1) is 15.8. The lowest BCUT2D eigenvalue weighted by Gasteiger charge is -2.10. The number of amides is 1. The Bertz CT molecular complexity index is 603. The summed E-state index contributed by atoms with van der Waals surface area (Å²) >= 11 is 0. The molecule has 22 heavy (non-hydrogen) atoms. The van der Waals surface area contributed by atoms with Gasteiger partial charge in [0.1, 0.15) is 5.75 Å². The molecule has 0 aliphatic rings. The first-order valence-electron chi connectivity index (χ1n) is 7.26. The van der Waals surface area contributed by atoms with Gasteiger partial charge in [0.05, 0.1) is 18.7 Å². The molecule has 0 aliphatic carbocycles. The van der Waals surface area contributed by atoms with Crippen LogP contribution in [-0.2, 0) is 4.79 Å². The molecule has 0 spiro atoms. The predicted molar refractivity (Wildman–Crippen MR) is 85.1 cm³/mol. The molecule has 1 N–H and O–H groups in total. The maximum atomic E-state index is 11.6. The molecular formula is C17H20N2O3. The van der Waals surface area contributed by atoms with Crippen molar-refractivity contribution in [2.75, 3.05) is 6.61 Å². The van der Waals surface area contributed by atoms with Gasteiger partial charge >= 0.3 is 0 Å². The summed E-state index contributed by atoms with van der Waals surface area (Å²) in [6.07, 6.45) is 5.67. The topological polar surface area (TPSA) is 63.8 Å². The van der Waals surface area contributed by atoms with E-state index in [1.54, 1.807) is 6.07 Å². The number of rotatable bonds is 7. The third-order valence-corrected chi connectivity index (χ3v) is 3.38. The summed E-state index contributed by atoms with van der Waals surface area (Å²) in [5.41, 5.74) is 4.44. The zero-order valence-corrected chi connectivity index (χ0v) is 12.8. The standard InChI is InChI=1S/C17H20N2O3/c1-3-13(2)15-4-6-16(7-5-15)22-12-17(20)19-18-10-14-8-9-21-11-14/h4-11,13H,3,12H2,1-2H3,(H,19,20)/b18-10+. The molecule has 1 unspecified atom stereocenters. The van der Waals surface area contributed by atoms with Crippen molar-refractivity contribution in [1.82, 2.24) is 5.43 Å². The molecule has 0 saturated heterocycles. The second kappa shape index (κ2) is 8.02. The Morgan fingerprint density at radius 1 is 1.36 bits per heavy atom. The molecule has 0 aliphatic heterocycles. The van der Waals surface area contributed by atoms with Crippen LogP contribution in [0, 0.1) is 0 Å². The molecular weight excluding hydrogens is 280 g/mol. The predicted octanol–water partition coefficient (Wildman–Crippen LogP) is 3.32. The number of hydrogen-bond donors (Lipinski definition) is 1. The van der Waals surface area contributed by atoms with Crippen molar-refractivity contribution in [2.45, 2.75) is 26.2 Å². The van der Waals surface area contributed by atoms with Gasteiger partial charge in [-0.25, -0.2) is 5.43 Å². The van der Waals surface area contributed by atoms with Gasteiger partial charge < -0.3 is 9.15 Å². The molecule has 1 atom stereocenters. The number of furan rings is 1. The minimum absolute atomic E-state index is 0.0780. The third-order valence-electron chi connectivity index (χ3n) is 3.38. The number of carbonyl (C=O) groups is 1. The van der Waals surface area contributed by atoms with Gasteiger partial charge in [0.15, 0.2) is 6.61 Å². The SMILES string of the molecule is CCC(C)c1ccc(OCC(=O)N/N=C/c2ccoc2)cc1. The lowest BCUT2D eigenvalue weighted by atomic mass is 9.99. The Labute approximate surface area is 130 Å². The van der Waals surface area contributed by atoms with Crippen LogP contribution in [0.1, 0.15) is 37.3 Å². The second-order valence-electron chi connectivity index (χ2n) is 5.02. The van der Waals surface area contributed by atoms with Crippen molar-refractivity contribution in [1.29, 1.82) is 0 Å². The first-order valence-corrected chi connectivity index (χ1v) is 7.26. The van der Waals surface area contributed by atoms with Crippen LogP contribution < -0.4 is 10.2 Å². The van der Waals surface area contributed by atoms with Gasteiger partial charge in [-0.2, -0.15) is 5.10 Å². The highest BCUT2D eigenvalue weighted by Crippen LogP contribution is 2.21. The summed E-state index contributed by atoms with van der Waals surface area (Å²) in [5, 5.41) is 3.81. The summed E-state index contributed by atoms with van der Waals surface area (Å²) < 4.78 is 10.3. The van der Waals surface area contributed by atoms with Crippen molar-refractivity contribution >= 4 is 12.1 Å². The average molecular weight is 300 g/mol. The lowest BCUT2D eigenvalue weighted by Crippen LogP contribution is -2.24. The normalized spacial score (nSPS) is 12.3. The number of nitrogens with one attached hydrogen (secondary N) is 1. The second-order valence-corrected chi connectivity index (χ2v) is 5.02. The smallest absolute Gasteiger partial charge is 0.277 e. The minimum atomic E-state index is -0.314. The molecule has 116 valence electrons. The van der Waals surface area contributed by atoms with Gasteiger partial charge in [-0.3, -0.25) is 4.79 Å². The maximum absolute atomic E-state index is 11.6. The van der Waals surface area contributed by atoms with E-state index in [2.05, 4.69) is 24.4 Å². The van der Waals surface area contributed by atoms with Gasteiger partial charge in [-0.05, 0) is 36.1 Å². The molecule has 2 rings (SSSR count). The fourth-order valence-corrected chi connectivity index (χ4v) is 1.84. The number of nitrogens with zero attached hydrogens (tertiary/aromatic N) is 1. The highest BCUT2D eigenvalue weighted by Gasteiger charge is 2.04. The molecule has 1 heterocycles. The van der Waals surface area contributed by atoms with E-state index in [1.807, 2.05) is 24.3 Å². The Morgan fingerprint density at radius 2 is 2.14 bits per heavy atom. The zero-order chi connectivity index (χ0) is 15.8. The van der Waals surface area contributed by atoms with E-state index in [9.17, 15) is 4.79 Å². The van der Waals surface area contributed by atoms with Crippen LogP contribution in [0.15, 0.2) is 52.4 Å². The molecule has 0 radical (unpaired) electrons. The van der Waals surface area contributed by atoms with E-state index in [1.165, 1.54) is 24.3 Å². The fraction of sp³-hybridized carbons (Fsp3) is 0.294. The van der Waals surface area contributed by atoms with Crippen molar-refractivity contribution in [3.8, 4) is 5.75 Å². The lowest BCUT2D eigenvalue weighted by molar-refractivity contribution is -0.123. The van der Waals surface area contributed by atoms with E-state index in [-0.39, 0.29) is 12.5 Å². The van der Waals surface area contributed by atoms with Crippen LogP contribution >= 0.6 is 0 Å². The molecule has 1 aromatic heterocycles. The molecule has 0 bridgehead atoms. The zero-order valence-electron chi connectivity index (χ0n) is 12.8. The quantitative estimate of drug-likeness (QED) is 0.630. The van der Waals surface area contributed by atoms with Crippen LogP contribution in [0.3, 0.4) is 0 Å². The highest BCUT2D eigenvalue weighted by molar-refractivity contribution is 5.82. The van der Waals surface area contributed by atoms with Crippen molar-refractivity contribution in [2.24, 2.45) is 5.10 Å². The fourth-order valence-electron chi connectivity index (χ4n) is 1.84.